The number of rotatable bonds is 5. The lowest BCUT2D eigenvalue weighted by Crippen LogP contribution is -2.33. The van der Waals surface area contributed by atoms with Crippen molar-refractivity contribution in [3.8, 4) is 17.0 Å². The second-order valence-electron chi connectivity index (χ2n) is 12.0. The molecule has 3 saturated carbocycles. The van der Waals surface area contributed by atoms with Crippen LogP contribution in [0.1, 0.15) is 91.6 Å². The van der Waals surface area contributed by atoms with Gasteiger partial charge in [-0.25, -0.2) is 13.1 Å². The Balaban J connectivity index is 1.43. The summed E-state index contributed by atoms with van der Waals surface area (Å²) >= 11 is 0. The third-order valence-electron chi connectivity index (χ3n) is 9.34. The molecule has 2 unspecified atom stereocenters. The smallest absolute Gasteiger partial charge is 0.264 e. The Kier molecular flexibility index (Phi) is 5.11. The predicted octanol–water partition coefficient (Wildman–Crippen LogP) is 6.09. The summed E-state index contributed by atoms with van der Waals surface area (Å²) in [5, 5.41) is 0.774. The van der Waals surface area contributed by atoms with E-state index in [-0.39, 0.29) is 5.41 Å². The van der Waals surface area contributed by atoms with Crippen molar-refractivity contribution in [1.82, 2.24) is 9.29 Å². The molecule has 7 rings (SSSR count). The number of methoxy groups -OCH3 is 1. The summed E-state index contributed by atoms with van der Waals surface area (Å²) in [5.41, 5.74) is 6.95. The summed E-state index contributed by atoms with van der Waals surface area (Å²) < 4.78 is 35.3. The third kappa shape index (κ3) is 3.72. The molecule has 7 heteroatoms. The van der Waals surface area contributed by atoms with Gasteiger partial charge < -0.3 is 9.30 Å². The minimum absolute atomic E-state index is 0.149. The van der Waals surface area contributed by atoms with Gasteiger partial charge in [0.2, 0.25) is 10.0 Å². The Morgan fingerprint density at radius 3 is 2.57 bits per heavy atom. The lowest BCUT2D eigenvalue weighted by Gasteiger charge is -2.24. The van der Waals surface area contributed by atoms with Crippen molar-refractivity contribution in [1.29, 1.82) is 0 Å². The zero-order chi connectivity index (χ0) is 25.5. The van der Waals surface area contributed by atoms with E-state index >= 15 is 0 Å². The Hall–Kier alpha value is -2.80. The van der Waals surface area contributed by atoms with E-state index in [0.717, 1.165) is 24.2 Å². The van der Waals surface area contributed by atoms with Crippen LogP contribution in [0.4, 0.5) is 0 Å². The fourth-order valence-electron chi connectivity index (χ4n) is 7.03. The highest BCUT2D eigenvalue weighted by Crippen LogP contribution is 2.65. The summed E-state index contributed by atoms with van der Waals surface area (Å²) in [5.74, 6) is 1.34. The quantitative estimate of drug-likeness (QED) is 0.443. The summed E-state index contributed by atoms with van der Waals surface area (Å²) in [6, 6.07) is 12.3. The molecule has 37 heavy (non-hydrogen) atoms. The Morgan fingerprint density at radius 2 is 1.84 bits per heavy atom. The van der Waals surface area contributed by atoms with E-state index in [1.165, 1.54) is 59.9 Å². The molecule has 6 nitrogen and oxygen atoms in total. The molecule has 4 aliphatic rings. The first-order chi connectivity index (χ1) is 17.8. The standard InChI is InChI=1S/C30H34N2O4S/c1-30-16-25(30)24-15-20(36-2)9-13-22(24)28-27(18-6-4-3-5-7-18)23-12-8-19(14-26(23)32(28)17-30)29(33)31-37(34,35)21-10-11-21/h8-9,12-15,18,21,25H,3-7,10-11,16-17H2,1-2H3,(H,31,33). The number of fused-ring (bicyclic) bond motifs is 7. The number of aromatic nitrogens is 1. The molecular weight excluding hydrogens is 484 g/mol. The van der Waals surface area contributed by atoms with Crippen LogP contribution in [-0.2, 0) is 16.6 Å². The molecule has 0 spiro atoms. The molecule has 0 radical (unpaired) electrons. The van der Waals surface area contributed by atoms with Crippen LogP contribution >= 0.6 is 0 Å². The van der Waals surface area contributed by atoms with Gasteiger partial charge in [0.25, 0.3) is 5.91 Å². The molecule has 1 aromatic heterocycles. The second kappa shape index (κ2) is 8.10. The van der Waals surface area contributed by atoms with Gasteiger partial charge in [-0.2, -0.15) is 0 Å². The van der Waals surface area contributed by atoms with Crippen molar-refractivity contribution >= 4 is 26.8 Å². The maximum atomic E-state index is 13.1. The van der Waals surface area contributed by atoms with Crippen LogP contribution in [0.5, 0.6) is 5.75 Å². The zero-order valence-electron chi connectivity index (χ0n) is 21.5. The SMILES string of the molecule is COc1ccc2c(c1)C1CC1(C)Cn1c-2c(C2CCCCC2)c2ccc(C(=O)NS(=O)(=O)C3CC3)cc21. The molecule has 1 aliphatic heterocycles. The predicted molar refractivity (Wildman–Crippen MR) is 145 cm³/mol. The van der Waals surface area contributed by atoms with Crippen LogP contribution in [-0.4, -0.2) is 31.3 Å². The Labute approximate surface area is 218 Å². The number of benzene rings is 2. The maximum Gasteiger partial charge on any atom is 0.264 e. The van der Waals surface area contributed by atoms with Crippen molar-refractivity contribution in [2.45, 2.75) is 81.9 Å². The average Bonchev–Trinajstić information content (AvgIpc) is 3.81. The van der Waals surface area contributed by atoms with E-state index in [2.05, 4.69) is 40.5 Å². The molecule has 2 atom stereocenters. The van der Waals surface area contributed by atoms with Crippen molar-refractivity contribution in [3.05, 3.63) is 53.1 Å². The number of hydrogen-bond donors (Lipinski definition) is 1. The normalized spacial score (nSPS) is 25.1. The van der Waals surface area contributed by atoms with Crippen molar-refractivity contribution in [3.63, 3.8) is 0 Å². The summed E-state index contributed by atoms with van der Waals surface area (Å²) in [4.78, 5) is 13.1. The van der Waals surface area contributed by atoms with E-state index < -0.39 is 21.2 Å². The molecule has 3 aromatic rings. The van der Waals surface area contributed by atoms with E-state index in [0.29, 0.717) is 30.2 Å². The van der Waals surface area contributed by atoms with Crippen LogP contribution in [0.15, 0.2) is 36.4 Å². The number of carbonyl (C=O) groups is 1. The van der Waals surface area contributed by atoms with Crippen molar-refractivity contribution in [2.75, 3.05) is 7.11 Å². The van der Waals surface area contributed by atoms with Crippen molar-refractivity contribution < 1.29 is 17.9 Å². The van der Waals surface area contributed by atoms with Gasteiger partial charge in [-0.15, -0.1) is 0 Å². The topological polar surface area (TPSA) is 77.4 Å². The first-order valence-electron chi connectivity index (χ1n) is 13.7. The number of hydrogen-bond acceptors (Lipinski definition) is 4. The van der Waals surface area contributed by atoms with Gasteiger partial charge in [0, 0.05) is 28.6 Å². The summed E-state index contributed by atoms with van der Waals surface area (Å²) in [6.07, 6.45) is 8.52. The van der Waals surface area contributed by atoms with E-state index in [9.17, 15) is 13.2 Å². The van der Waals surface area contributed by atoms with E-state index in [1.807, 2.05) is 12.1 Å². The maximum absolute atomic E-state index is 13.1. The molecule has 1 N–H and O–H groups in total. The van der Waals surface area contributed by atoms with Gasteiger partial charge in [-0.1, -0.05) is 32.3 Å². The van der Waals surface area contributed by atoms with Gasteiger partial charge in [0.15, 0.2) is 0 Å². The minimum Gasteiger partial charge on any atom is -0.497 e. The minimum atomic E-state index is -3.60. The first kappa shape index (κ1) is 23.3. The Bertz CT molecular complexity index is 1550. The van der Waals surface area contributed by atoms with Crippen molar-refractivity contribution in [2.24, 2.45) is 5.41 Å². The molecule has 3 fully saturated rings. The number of amides is 1. The lowest BCUT2D eigenvalue weighted by atomic mass is 9.81. The van der Waals surface area contributed by atoms with Crippen LogP contribution < -0.4 is 9.46 Å². The van der Waals surface area contributed by atoms with Crippen LogP contribution in [0.25, 0.3) is 22.2 Å². The number of nitrogens with zero attached hydrogens (tertiary/aromatic N) is 1. The summed E-state index contributed by atoms with van der Waals surface area (Å²) in [7, 11) is -1.87. The highest BCUT2D eigenvalue weighted by molar-refractivity contribution is 7.91. The van der Waals surface area contributed by atoms with E-state index in [4.69, 9.17) is 4.74 Å². The molecule has 0 saturated heterocycles. The largest absolute Gasteiger partial charge is 0.497 e. The van der Waals surface area contributed by atoms with Gasteiger partial charge in [0.05, 0.1) is 18.1 Å². The average molecular weight is 519 g/mol. The first-order valence-corrected chi connectivity index (χ1v) is 15.2. The fraction of sp³-hybridized carbons (Fsp3) is 0.500. The van der Waals surface area contributed by atoms with Crippen LogP contribution in [0, 0.1) is 5.41 Å². The molecule has 194 valence electrons. The number of carbonyl (C=O) groups excluding carboxylic acids is 1. The lowest BCUT2D eigenvalue weighted by molar-refractivity contribution is 0.0981. The fourth-order valence-corrected chi connectivity index (χ4v) is 8.33. The van der Waals surface area contributed by atoms with Gasteiger partial charge in [-0.05, 0) is 90.8 Å². The zero-order valence-corrected chi connectivity index (χ0v) is 22.4. The van der Waals surface area contributed by atoms with E-state index in [1.54, 1.807) is 7.11 Å². The van der Waals surface area contributed by atoms with Gasteiger partial charge in [0.1, 0.15) is 5.75 Å². The highest BCUT2D eigenvalue weighted by Gasteiger charge is 2.54. The molecule has 1 amide bonds. The van der Waals surface area contributed by atoms with Crippen LogP contribution in [0.3, 0.4) is 0 Å². The number of sulfonamides is 1. The third-order valence-corrected chi connectivity index (χ3v) is 11.2. The molecule has 3 aliphatic carbocycles. The second-order valence-corrected chi connectivity index (χ2v) is 13.9. The molecular formula is C30H34N2O4S. The molecule has 2 aromatic carbocycles. The van der Waals surface area contributed by atoms with Gasteiger partial charge >= 0.3 is 0 Å². The Morgan fingerprint density at radius 1 is 1.05 bits per heavy atom. The van der Waals surface area contributed by atoms with Crippen LogP contribution in [0.2, 0.25) is 0 Å². The molecule has 2 heterocycles. The highest BCUT2D eigenvalue weighted by atomic mass is 32.2. The molecule has 0 bridgehead atoms. The number of nitrogens with one attached hydrogen (secondary N) is 1. The van der Waals surface area contributed by atoms with Gasteiger partial charge in [-0.3, -0.25) is 4.79 Å². The monoisotopic (exact) mass is 518 g/mol. The number of ether oxygens (including phenoxy) is 1. The summed E-state index contributed by atoms with van der Waals surface area (Å²) in [6.45, 7) is 3.25.